The zero-order valence-electron chi connectivity index (χ0n) is 12.3. The third-order valence-corrected chi connectivity index (χ3v) is 3.75. The summed E-state index contributed by atoms with van der Waals surface area (Å²) in [7, 11) is 0. The van der Waals surface area contributed by atoms with Gasteiger partial charge in [-0.2, -0.15) is 13.2 Å². The van der Waals surface area contributed by atoms with E-state index in [1.165, 1.54) is 18.9 Å². The second-order valence-corrected chi connectivity index (χ2v) is 5.50. The zero-order valence-corrected chi connectivity index (χ0v) is 12.3. The van der Waals surface area contributed by atoms with E-state index >= 15 is 0 Å². The molecule has 2 rings (SSSR count). The molecule has 1 aliphatic heterocycles. The van der Waals surface area contributed by atoms with Crippen molar-refractivity contribution >= 4 is 5.82 Å². The number of pyridine rings is 1. The number of rotatable bonds is 5. The van der Waals surface area contributed by atoms with E-state index in [-0.39, 0.29) is 0 Å². The summed E-state index contributed by atoms with van der Waals surface area (Å²) in [6, 6.07) is 2.98. The van der Waals surface area contributed by atoms with Crippen LogP contribution in [0.1, 0.15) is 38.2 Å². The van der Waals surface area contributed by atoms with Crippen molar-refractivity contribution < 1.29 is 13.2 Å². The number of alkyl halides is 3. The maximum atomic E-state index is 12.6. The van der Waals surface area contributed by atoms with E-state index in [4.69, 9.17) is 0 Å². The number of hydrogen-bond acceptors (Lipinski definition) is 3. The molecular weight excluding hydrogens is 279 g/mol. The largest absolute Gasteiger partial charge is 0.417 e. The lowest BCUT2D eigenvalue weighted by atomic mass is 10.0. The van der Waals surface area contributed by atoms with Gasteiger partial charge in [-0.3, -0.25) is 0 Å². The number of aromatic nitrogens is 1. The highest BCUT2D eigenvalue weighted by Crippen LogP contribution is 2.29. The van der Waals surface area contributed by atoms with E-state index < -0.39 is 11.7 Å². The zero-order chi connectivity index (χ0) is 15.3. The van der Waals surface area contributed by atoms with E-state index in [1.54, 1.807) is 0 Å². The van der Waals surface area contributed by atoms with Crippen molar-refractivity contribution in [3.05, 3.63) is 23.9 Å². The molecule has 0 spiro atoms. The molecule has 1 fully saturated rings. The Balaban J connectivity index is 2.06. The lowest BCUT2D eigenvalue weighted by Gasteiger charge is -2.31. The van der Waals surface area contributed by atoms with Gasteiger partial charge in [-0.1, -0.05) is 13.3 Å². The molecule has 1 aromatic heterocycles. The Bertz CT molecular complexity index is 425. The van der Waals surface area contributed by atoms with Gasteiger partial charge in [0.05, 0.1) is 5.56 Å². The molecule has 1 N–H and O–H groups in total. The molecule has 3 nitrogen and oxygen atoms in total. The van der Waals surface area contributed by atoms with Gasteiger partial charge < -0.3 is 10.2 Å². The lowest BCUT2D eigenvalue weighted by Crippen LogP contribution is -2.44. The van der Waals surface area contributed by atoms with Crippen LogP contribution in [0.5, 0.6) is 0 Å². The summed E-state index contributed by atoms with van der Waals surface area (Å²) in [6.07, 6.45) is 1.05. The second kappa shape index (κ2) is 7.11. The van der Waals surface area contributed by atoms with E-state index in [0.717, 1.165) is 44.7 Å². The van der Waals surface area contributed by atoms with Gasteiger partial charge in [-0.05, 0) is 37.9 Å². The van der Waals surface area contributed by atoms with Crippen molar-refractivity contribution in [2.24, 2.45) is 0 Å². The smallest absolute Gasteiger partial charge is 0.355 e. The first-order chi connectivity index (χ1) is 10.0. The molecule has 0 aromatic carbocycles. The molecule has 1 saturated heterocycles. The first kappa shape index (κ1) is 16.1. The number of nitrogens with zero attached hydrogens (tertiary/aromatic N) is 2. The third kappa shape index (κ3) is 4.59. The van der Waals surface area contributed by atoms with E-state index in [1.807, 2.05) is 0 Å². The van der Waals surface area contributed by atoms with Crippen molar-refractivity contribution in [3.63, 3.8) is 0 Å². The second-order valence-electron chi connectivity index (χ2n) is 5.50. The first-order valence-corrected chi connectivity index (χ1v) is 7.52. The monoisotopic (exact) mass is 301 g/mol. The Hall–Kier alpha value is -1.30. The highest BCUT2D eigenvalue weighted by molar-refractivity contribution is 5.40. The van der Waals surface area contributed by atoms with Crippen LogP contribution >= 0.6 is 0 Å². The molecular formula is C15H22F3N3. The van der Waals surface area contributed by atoms with Gasteiger partial charge in [0.1, 0.15) is 5.82 Å². The quantitative estimate of drug-likeness (QED) is 0.903. The minimum absolute atomic E-state index is 0.398. The first-order valence-electron chi connectivity index (χ1n) is 7.52. The molecule has 0 bridgehead atoms. The van der Waals surface area contributed by atoms with Crippen LogP contribution in [-0.2, 0) is 6.18 Å². The maximum absolute atomic E-state index is 12.6. The summed E-state index contributed by atoms with van der Waals surface area (Å²) in [5.41, 5.74) is -0.696. The minimum Gasteiger partial charge on any atom is -0.355 e. The number of nitrogens with one attached hydrogen (secondary N) is 1. The topological polar surface area (TPSA) is 28.2 Å². The Labute approximate surface area is 123 Å². The summed E-state index contributed by atoms with van der Waals surface area (Å²) < 4.78 is 37.7. The van der Waals surface area contributed by atoms with Gasteiger partial charge in [0, 0.05) is 25.3 Å². The minimum atomic E-state index is -4.33. The highest BCUT2D eigenvalue weighted by Gasteiger charge is 2.31. The summed E-state index contributed by atoms with van der Waals surface area (Å²) in [5, 5.41) is 3.46. The molecule has 2 heterocycles. The van der Waals surface area contributed by atoms with Gasteiger partial charge in [0.25, 0.3) is 0 Å². The van der Waals surface area contributed by atoms with Crippen LogP contribution in [0.2, 0.25) is 0 Å². The maximum Gasteiger partial charge on any atom is 0.417 e. The molecule has 6 heteroatoms. The van der Waals surface area contributed by atoms with E-state index in [2.05, 4.69) is 22.1 Å². The number of halogens is 3. The fourth-order valence-electron chi connectivity index (χ4n) is 2.66. The van der Waals surface area contributed by atoms with Gasteiger partial charge in [-0.15, -0.1) is 0 Å². The summed E-state index contributed by atoms with van der Waals surface area (Å²) in [4.78, 5) is 6.08. The average Bonchev–Trinajstić information content (AvgIpc) is 2.47. The van der Waals surface area contributed by atoms with Gasteiger partial charge in [0.2, 0.25) is 0 Å². The van der Waals surface area contributed by atoms with Gasteiger partial charge >= 0.3 is 6.18 Å². The van der Waals surface area contributed by atoms with Crippen LogP contribution in [0.15, 0.2) is 18.3 Å². The Kier molecular flexibility index (Phi) is 5.45. The van der Waals surface area contributed by atoms with Crippen molar-refractivity contribution in [1.29, 1.82) is 0 Å². The van der Waals surface area contributed by atoms with E-state index in [9.17, 15) is 13.2 Å². The van der Waals surface area contributed by atoms with Crippen molar-refractivity contribution in [3.8, 4) is 0 Å². The molecule has 21 heavy (non-hydrogen) atoms. The van der Waals surface area contributed by atoms with Crippen LogP contribution in [0, 0.1) is 0 Å². The number of piperidine rings is 1. The Morgan fingerprint density at radius 1 is 1.33 bits per heavy atom. The van der Waals surface area contributed by atoms with Crippen LogP contribution in [-0.4, -0.2) is 30.7 Å². The number of hydrogen-bond donors (Lipinski definition) is 1. The molecule has 1 unspecified atom stereocenters. The fraction of sp³-hybridized carbons (Fsp3) is 0.667. The summed E-state index contributed by atoms with van der Waals surface area (Å²) in [6.45, 7) is 4.68. The standard InChI is InChI=1S/C15H22F3N3/c1-2-9-21(11-13-5-3-4-8-19-13)14-7-6-12(10-20-14)15(16,17)18/h6-7,10,13,19H,2-5,8-9,11H2,1H3. The molecule has 1 aromatic rings. The van der Waals surface area contributed by atoms with Crippen molar-refractivity contribution in [2.45, 2.75) is 44.8 Å². The molecule has 0 radical (unpaired) electrons. The Morgan fingerprint density at radius 3 is 2.67 bits per heavy atom. The lowest BCUT2D eigenvalue weighted by molar-refractivity contribution is -0.137. The normalized spacial score (nSPS) is 19.5. The average molecular weight is 301 g/mol. The molecule has 0 aliphatic carbocycles. The predicted octanol–water partition coefficient (Wildman–Crippen LogP) is 3.46. The van der Waals surface area contributed by atoms with Crippen LogP contribution < -0.4 is 10.2 Å². The summed E-state index contributed by atoms with van der Waals surface area (Å²) >= 11 is 0. The molecule has 0 amide bonds. The van der Waals surface area contributed by atoms with Crippen LogP contribution in [0.3, 0.4) is 0 Å². The van der Waals surface area contributed by atoms with Crippen LogP contribution in [0.25, 0.3) is 0 Å². The SMILES string of the molecule is CCCN(CC1CCCCN1)c1ccc(C(F)(F)F)cn1. The van der Waals surface area contributed by atoms with Gasteiger partial charge in [-0.25, -0.2) is 4.98 Å². The van der Waals surface area contributed by atoms with Gasteiger partial charge in [0.15, 0.2) is 0 Å². The third-order valence-electron chi connectivity index (χ3n) is 3.75. The van der Waals surface area contributed by atoms with E-state index in [0.29, 0.717) is 11.9 Å². The molecule has 118 valence electrons. The molecule has 0 saturated carbocycles. The highest BCUT2D eigenvalue weighted by atomic mass is 19.4. The predicted molar refractivity (Wildman–Crippen MR) is 77.4 cm³/mol. The van der Waals surface area contributed by atoms with Crippen LogP contribution in [0.4, 0.5) is 19.0 Å². The van der Waals surface area contributed by atoms with Crippen molar-refractivity contribution in [2.75, 3.05) is 24.5 Å². The number of anilines is 1. The molecule has 1 aliphatic rings. The molecule has 1 atom stereocenters. The Morgan fingerprint density at radius 2 is 2.14 bits per heavy atom. The summed E-state index contributed by atoms with van der Waals surface area (Å²) in [5.74, 6) is 0.622. The van der Waals surface area contributed by atoms with Crippen molar-refractivity contribution in [1.82, 2.24) is 10.3 Å². The fourth-order valence-corrected chi connectivity index (χ4v) is 2.66.